The standard InChI is InChI=1S/C17H26N2O/c1-13-12-19(16-8-9-20-14(2)10-16)17(11-18-13)15-6-4-3-5-7-15/h3-7,13-14,16-18H,8-12H2,1-2H3. The summed E-state index contributed by atoms with van der Waals surface area (Å²) in [6.07, 6.45) is 2.73. The summed E-state index contributed by atoms with van der Waals surface area (Å²) >= 11 is 0. The summed E-state index contributed by atoms with van der Waals surface area (Å²) < 4.78 is 5.72. The summed E-state index contributed by atoms with van der Waals surface area (Å²) in [5.74, 6) is 0. The Morgan fingerprint density at radius 1 is 1.20 bits per heavy atom. The molecule has 0 aliphatic carbocycles. The van der Waals surface area contributed by atoms with Crippen LogP contribution in [-0.2, 0) is 4.74 Å². The van der Waals surface area contributed by atoms with E-state index in [1.54, 1.807) is 0 Å². The molecule has 1 aromatic carbocycles. The molecule has 110 valence electrons. The number of hydrogen-bond acceptors (Lipinski definition) is 3. The topological polar surface area (TPSA) is 24.5 Å². The van der Waals surface area contributed by atoms with Crippen molar-refractivity contribution < 1.29 is 4.74 Å². The first-order chi connectivity index (χ1) is 9.74. The fourth-order valence-electron chi connectivity index (χ4n) is 3.60. The van der Waals surface area contributed by atoms with Gasteiger partial charge in [0.1, 0.15) is 0 Å². The molecule has 4 unspecified atom stereocenters. The molecule has 2 heterocycles. The largest absolute Gasteiger partial charge is 0.378 e. The molecule has 3 heteroatoms. The van der Waals surface area contributed by atoms with Gasteiger partial charge in [-0.25, -0.2) is 0 Å². The molecule has 1 aromatic rings. The molecule has 2 aliphatic heterocycles. The van der Waals surface area contributed by atoms with Gasteiger partial charge in [0.15, 0.2) is 0 Å². The molecule has 0 radical (unpaired) electrons. The summed E-state index contributed by atoms with van der Waals surface area (Å²) in [6.45, 7) is 7.59. The van der Waals surface area contributed by atoms with E-state index in [2.05, 4.69) is 54.4 Å². The third-order valence-corrected chi connectivity index (χ3v) is 4.66. The van der Waals surface area contributed by atoms with Gasteiger partial charge in [-0.15, -0.1) is 0 Å². The fraction of sp³-hybridized carbons (Fsp3) is 0.647. The number of ether oxygens (including phenoxy) is 1. The van der Waals surface area contributed by atoms with E-state index >= 15 is 0 Å². The van der Waals surface area contributed by atoms with Gasteiger partial charge in [-0.1, -0.05) is 30.3 Å². The Balaban J connectivity index is 1.80. The van der Waals surface area contributed by atoms with Gasteiger partial charge in [0, 0.05) is 37.8 Å². The van der Waals surface area contributed by atoms with Crippen LogP contribution in [0.15, 0.2) is 30.3 Å². The van der Waals surface area contributed by atoms with Crippen LogP contribution in [0.3, 0.4) is 0 Å². The predicted octanol–water partition coefficient (Wildman–Crippen LogP) is 2.59. The van der Waals surface area contributed by atoms with E-state index in [1.165, 1.54) is 12.0 Å². The van der Waals surface area contributed by atoms with E-state index in [4.69, 9.17) is 4.74 Å². The van der Waals surface area contributed by atoms with Crippen molar-refractivity contribution in [2.45, 2.75) is 50.9 Å². The molecule has 4 atom stereocenters. The molecule has 2 aliphatic rings. The molecular weight excluding hydrogens is 248 g/mol. The van der Waals surface area contributed by atoms with Gasteiger partial charge in [0.25, 0.3) is 0 Å². The number of nitrogens with one attached hydrogen (secondary N) is 1. The Hall–Kier alpha value is -0.900. The van der Waals surface area contributed by atoms with Crippen LogP contribution in [0.25, 0.3) is 0 Å². The highest BCUT2D eigenvalue weighted by molar-refractivity contribution is 5.20. The number of piperazine rings is 1. The Labute approximate surface area is 122 Å². The predicted molar refractivity (Wildman–Crippen MR) is 81.8 cm³/mol. The molecule has 0 spiro atoms. The number of rotatable bonds is 2. The number of nitrogens with zero attached hydrogens (tertiary/aromatic N) is 1. The molecule has 0 amide bonds. The van der Waals surface area contributed by atoms with Crippen LogP contribution >= 0.6 is 0 Å². The minimum absolute atomic E-state index is 0.398. The van der Waals surface area contributed by atoms with Gasteiger partial charge in [-0.05, 0) is 32.3 Å². The average molecular weight is 274 g/mol. The van der Waals surface area contributed by atoms with Gasteiger partial charge in [-0.3, -0.25) is 4.90 Å². The zero-order valence-electron chi connectivity index (χ0n) is 12.6. The molecule has 20 heavy (non-hydrogen) atoms. The lowest BCUT2D eigenvalue weighted by Crippen LogP contribution is -2.56. The first kappa shape index (κ1) is 14.1. The van der Waals surface area contributed by atoms with E-state index in [9.17, 15) is 0 Å². The summed E-state index contributed by atoms with van der Waals surface area (Å²) in [5.41, 5.74) is 1.44. The van der Waals surface area contributed by atoms with Gasteiger partial charge in [-0.2, -0.15) is 0 Å². The zero-order valence-corrected chi connectivity index (χ0v) is 12.6. The lowest BCUT2D eigenvalue weighted by Gasteiger charge is -2.46. The minimum Gasteiger partial charge on any atom is -0.378 e. The maximum Gasteiger partial charge on any atom is 0.0561 e. The van der Waals surface area contributed by atoms with Crippen molar-refractivity contribution in [2.75, 3.05) is 19.7 Å². The molecule has 3 nitrogen and oxygen atoms in total. The van der Waals surface area contributed by atoms with E-state index < -0.39 is 0 Å². The molecule has 3 rings (SSSR count). The van der Waals surface area contributed by atoms with Crippen LogP contribution < -0.4 is 5.32 Å². The van der Waals surface area contributed by atoms with Crippen LogP contribution in [0.2, 0.25) is 0 Å². The highest BCUT2D eigenvalue weighted by Gasteiger charge is 2.34. The number of benzene rings is 1. The second-order valence-electron chi connectivity index (χ2n) is 6.29. The third kappa shape index (κ3) is 3.05. The van der Waals surface area contributed by atoms with Crippen molar-refractivity contribution in [1.82, 2.24) is 10.2 Å². The summed E-state index contributed by atoms with van der Waals surface area (Å²) in [4.78, 5) is 2.72. The molecule has 1 N–H and O–H groups in total. The summed E-state index contributed by atoms with van der Waals surface area (Å²) in [6, 6.07) is 12.7. The van der Waals surface area contributed by atoms with Crippen molar-refractivity contribution in [1.29, 1.82) is 0 Å². The summed E-state index contributed by atoms with van der Waals surface area (Å²) in [7, 11) is 0. The van der Waals surface area contributed by atoms with E-state index in [0.717, 1.165) is 26.1 Å². The molecule has 0 saturated carbocycles. The summed E-state index contributed by atoms with van der Waals surface area (Å²) in [5, 5.41) is 3.64. The van der Waals surface area contributed by atoms with Crippen molar-refractivity contribution in [3.8, 4) is 0 Å². The van der Waals surface area contributed by atoms with E-state index in [0.29, 0.717) is 24.2 Å². The molecule has 2 fully saturated rings. The first-order valence-corrected chi connectivity index (χ1v) is 7.89. The van der Waals surface area contributed by atoms with Crippen LogP contribution in [0.1, 0.15) is 38.3 Å². The van der Waals surface area contributed by atoms with Gasteiger partial charge in [0.05, 0.1) is 6.10 Å². The van der Waals surface area contributed by atoms with Crippen LogP contribution in [-0.4, -0.2) is 42.8 Å². The van der Waals surface area contributed by atoms with Crippen molar-refractivity contribution in [2.24, 2.45) is 0 Å². The third-order valence-electron chi connectivity index (χ3n) is 4.66. The lowest BCUT2D eigenvalue weighted by molar-refractivity contribution is -0.0375. The maximum atomic E-state index is 5.72. The highest BCUT2D eigenvalue weighted by Crippen LogP contribution is 2.30. The fourth-order valence-corrected chi connectivity index (χ4v) is 3.60. The van der Waals surface area contributed by atoms with Gasteiger partial charge >= 0.3 is 0 Å². The Bertz CT molecular complexity index is 422. The first-order valence-electron chi connectivity index (χ1n) is 7.89. The van der Waals surface area contributed by atoms with Crippen LogP contribution in [0.5, 0.6) is 0 Å². The monoisotopic (exact) mass is 274 g/mol. The SMILES string of the molecule is CC1CN(C2CCOC(C)C2)C(c2ccccc2)CN1. The van der Waals surface area contributed by atoms with E-state index in [1.807, 2.05) is 0 Å². The highest BCUT2D eigenvalue weighted by atomic mass is 16.5. The molecule has 0 bridgehead atoms. The smallest absolute Gasteiger partial charge is 0.0561 e. The van der Waals surface area contributed by atoms with E-state index in [-0.39, 0.29) is 0 Å². The quantitative estimate of drug-likeness (QED) is 0.897. The Morgan fingerprint density at radius 3 is 2.75 bits per heavy atom. The molecular formula is C17H26N2O. The number of hydrogen-bond donors (Lipinski definition) is 1. The average Bonchev–Trinajstić information content (AvgIpc) is 2.48. The lowest BCUT2D eigenvalue weighted by atomic mass is 9.94. The molecule has 2 saturated heterocycles. The van der Waals surface area contributed by atoms with Crippen LogP contribution in [0.4, 0.5) is 0 Å². The van der Waals surface area contributed by atoms with Crippen molar-refractivity contribution in [3.63, 3.8) is 0 Å². The Kier molecular flexibility index (Phi) is 4.39. The minimum atomic E-state index is 0.398. The van der Waals surface area contributed by atoms with Gasteiger partial charge in [0.2, 0.25) is 0 Å². The normalized spacial score (nSPS) is 35.9. The Morgan fingerprint density at radius 2 is 2.00 bits per heavy atom. The second-order valence-corrected chi connectivity index (χ2v) is 6.29. The van der Waals surface area contributed by atoms with Crippen LogP contribution in [0, 0.1) is 0 Å². The second kappa shape index (κ2) is 6.25. The van der Waals surface area contributed by atoms with Crippen molar-refractivity contribution in [3.05, 3.63) is 35.9 Å². The molecule has 0 aromatic heterocycles. The zero-order chi connectivity index (χ0) is 13.9. The van der Waals surface area contributed by atoms with Crippen molar-refractivity contribution >= 4 is 0 Å². The maximum absolute atomic E-state index is 5.72. The van der Waals surface area contributed by atoms with Gasteiger partial charge < -0.3 is 10.1 Å².